The molecule has 1 aliphatic heterocycles. The van der Waals surface area contributed by atoms with Crippen molar-refractivity contribution in [1.29, 1.82) is 0 Å². The van der Waals surface area contributed by atoms with Crippen LogP contribution in [0, 0.1) is 0 Å². The van der Waals surface area contributed by atoms with Crippen molar-refractivity contribution in [1.82, 2.24) is 4.90 Å². The molecule has 0 bridgehead atoms. The van der Waals surface area contributed by atoms with Crippen LogP contribution in [0.3, 0.4) is 0 Å². The molecule has 2 N–H and O–H groups in total. The molecule has 0 unspecified atom stereocenters. The largest absolute Gasteiger partial charge is 0.445 e. The molecule has 0 aliphatic carbocycles. The van der Waals surface area contributed by atoms with E-state index >= 15 is 0 Å². The lowest BCUT2D eigenvalue weighted by Crippen LogP contribution is -2.57. The van der Waals surface area contributed by atoms with E-state index in [1.807, 2.05) is 30.3 Å². The summed E-state index contributed by atoms with van der Waals surface area (Å²) in [5.74, 6) is 0. The highest BCUT2D eigenvalue weighted by atomic mass is 19.1. The Bertz CT molecular complexity index is 436. The van der Waals surface area contributed by atoms with Gasteiger partial charge in [-0.25, -0.2) is 9.18 Å². The van der Waals surface area contributed by atoms with E-state index in [-0.39, 0.29) is 13.2 Å². The van der Waals surface area contributed by atoms with Crippen LogP contribution in [-0.2, 0) is 11.3 Å². The van der Waals surface area contributed by atoms with E-state index in [0.29, 0.717) is 13.0 Å². The molecule has 5 heteroatoms. The number of nitrogens with two attached hydrogens (primary N) is 1. The van der Waals surface area contributed by atoms with E-state index in [4.69, 9.17) is 10.5 Å². The lowest BCUT2D eigenvalue weighted by Gasteiger charge is -2.38. The number of rotatable bonds is 2. The Morgan fingerprint density at radius 2 is 2.21 bits per heavy atom. The highest BCUT2D eigenvalue weighted by Gasteiger charge is 2.39. The van der Waals surface area contributed by atoms with Crippen LogP contribution < -0.4 is 5.73 Å². The Hall–Kier alpha value is -1.62. The SMILES string of the molecule is C[C@]1(F)CN(C(=O)OCc2ccccc2)CC[C@@H]1N. The number of likely N-dealkylation sites (tertiary alicyclic amines) is 1. The molecule has 0 radical (unpaired) electrons. The number of piperidine rings is 1. The fourth-order valence-corrected chi connectivity index (χ4v) is 2.13. The zero-order valence-corrected chi connectivity index (χ0v) is 11.0. The minimum Gasteiger partial charge on any atom is -0.445 e. The number of hydrogen-bond donors (Lipinski definition) is 1. The van der Waals surface area contributed by atoms with Gasteiger partial charge in [0.25, 0.3) is 0 Å². The Labute approximate surface area is 112 Å². The summed E-state index contributed by atoms with van der Waals surface area (Å²) in [4.78, 5) is 13.2. The third-order valence-corrected chi connectivity index (χ3v) is 3.45. The van der Waals surface area contributed by atoms with Gasteiger partial charge in [-0.15, -0.1) is 0 Å². The lowest BCUT2D eigenvalue weighted by atomic mass is 9.92. The average molecular weight is 266 g/mol. The molecule has 1 aromatic rings. The average Bonchev–Trinajstić information content (AvgIpc) is 2.40. The minimum absolute atomic E-state index is 0.0121. The third kappa shape index (κ3) is 3.44. The summed E-state index contributed by atoms with van der Waals surface area (Å²) < 4.78 is 19.2. The third-order valence-electron chi connectivity index (χ3n) is 3.45. The Kier molecular flexibility index (Phi) is 4.04. The van der Waals surface area contributed by atoms with Crippen LogP contribution in [0.1, 0.15) is 18.9 Å². The van der Waals surface area contributed by atoms with Crippen LogP contribution in [-0.4, -0.2) is 35.8 Å². The maximum Gasteiger partial charge on any atom is 0.410 e. The van der Waals surface area contributed by atoms with Gasteiger partial charge in [0.1, 0.15) is 12.3 Å². The van der Waals surface area contributed by atoms with Crippen molar-refractivity contribution in [3.63, 3.8) is 0 Å². The van der Waals surface area contributed by atoms with E-state index in [9.17, 15) is 9.18 Å². The van der Waals surface area contributed by atoms with Crippen molar-refractivity contribution in [3.8, 4) is 0 Å². The monoisotopic (exact) mass is 266 g/mol. The van der Waals surface area contributed by atoms with E-state index in [2.05, 4.69) is 0 Å². The quantitative estimate of drug-likeness (QED) is 0.891. The van der Waals surface area contributed by atoms with Crippen LogP contribution in [0.15, 0.2) is 30.3 Å². The van der Waals surface area contributed by atoms with Gasteiger partial charge in [-0.1, -0.05) is 30.3 Å². The van der Waals surface area contributed by atoms with Gasteiger partial charge in [-0.3, -0.25) is 0 Å². The Balaban J connectivity index is 1.87. The first kappa shape index (κ1) is 13.8. The van der Waals surface area contributed by atoms with Gasteiger partial charge in [0, 0.05) is 12.6 Å². The van der Waals surface area contributed by atoms with Crippen LogP contribution in [0.25, 0.3) is 0 Å². The minimum atomic E-state index is -1.55. The molecule has 1 aliphatic rings. The van der Waals surface area contributed by atoms with Crippen molar-refractivity contribution in [2.45, 2.75) is 31.7 Å². The van der Waals surface area contributed by atoms with Crippen molar-refractivity contribution < 1.29 is 13.9 Å². The van der Waals surface area contributed by atoms with Crippen LogP contribution >= 0.6 is 0 Å². The van der Waals surface area contributed by atoms with E-state index in [1.165, 1.54) is 11.8 Å². The predicted molar refractivity (Wildman–Crippen MR) is 70.3 cm³/mol. The van der Waals surface area contributed by atoms with E-state index in [0.717, 1.165) is 5.56 Å². The highest BCUT2D eigenvalue weighted by molar-refractivity contribution is 5.68. The summed E-state index contributed by atoms with van der Waals surface area (Å²) in [6.45, 7) is 2.05. The first-order chi connectivity index (χ1) is 8.99. The number of carbonyl (C=O) groups is 1. The summed E-state index contributed by atoms with van der Waals surface area (Å²) in [5, 5.41) is 0. The van der Waals surface area contributed by atoms with Crippen LogP contribution in [0.5, 0.6) is 0 Å². The number of alkyl halides is 1. The van der Waals surface area contributed by atoms with Crippen molar-refractivity contribution in [2.75, 3.05) is 13.1 Å². The van der Waals surface area contributed by atoms with E-state index in [1.54, 1.807) is 0 Å². The second-order valence-corrected chi connectivity index (χ2v) is 5.13. The lowest BCUT2D eigenvalue weighted by molar-refractivity contribution is 0.0265. The summed E-state index contributed by atoms with van der Waals surface area (Å²) >= 11 is 0. The van der Waals surface area contributed by atoms with Crippen molar-refractivity contribution >= 4 is 6.09 Å². The molecule has 2 rings (SSSR count). The number of halogens is 1. The van der Waals surface area contributed by atoms with Gasteiger partial charge in [-0.05, 0) is 18.9 Å². The molecular formula is C14H19FN2O2. The number of hydrogen-bond acceptors (Lipinski definition) is 3. The summed E-state index contributed by atoms with van der Waals surface area (Å²) in [6.07, 6.45) is -0.0346. The molecule has 1 amide bonds. The van der Waals surface area contributed by atoms with Gasteiger partial charge in [0.15, 0.2) is 0 Å². The number of nitrogens with zero attached hydrogens (tertiary/aromatic N) is 1. The van der Waals surface area contributed by atoms with Gasteiger partial charge >= 0.3 is 6.09 Å². The summed E-state index contributed by atoms with van der Waals surface area (Å²) in [7, 11) is 0. The molecule has 0 aromatic heterocycles. The topological polar surface area (TPSA) is 55.6 Å². The molecule has 19 heavy (non-hydrogen) atoms. The normalized spacial score (nSPS) is 27.1. The van der Waals surface area contributed by atoms with Crippen LogP contribution in [0.4, 0.5) is 9.18 Å². The number of benzene rings is 1. The highest BCUT2D eigenvalue weighted by Crippen LogP contribution is 2.24. The molecule has 2 atom stereocenters. The maximum absolute atomic E-state index is 14.1. The molecule has 0 spiro atoms. The number of ether oxygens (including phenoxy) is 1. The van der Waals surface area contributed by atoms with Gasteiger partial charge in [0.2, 0.25) is 0 Å². The fraction of sp³-hybridized carbons (Fsp3) is 0.500. The second kappa shape index (κ2) is 5.57. The second-order valence-electron chi connectivity index (χ2n) is 5.13. The first-order valence-electron chi connectivity index (χ1n) is 6.39. The van der Waals surface area contributed by atoms with Gasteiger partial charge < -0.3 is 15.4 Å². The number of amides is 1. The summed E-state index contributed by atoms with van der Waals surface area (Å²) in [6, 6.07) is 8.87. The van der Waals surface area contributed by atoms with Crippen molar-refractivity contribution in [3.05, 3.63) is 35.9 Å². The van der Waals surface area contributed by atoms with Gasteiger partial charge in [-0.2, -0.15) is 0 Å². The predicted octanol–water partition coefficient (Wildman–Crippen LogP) is 2.08. The Morgan fingerprint density at radius 1 is 1.53 bits per heavy atom. The van der Waals surface area contributed by atoms with E-state index < -0.39 is 17.8 Å². The smallest absolute Gasteiger partial charge is 0.410 e. The molecule has 1 heterocycles. The fourth-order valence-electron chi connectivity index (χ4n) is 2.13. The van der Waals surface area contributed by atoms with Gasteiger partial charge in [0.05, 0.1) is 6.54 Å². The Morgan fingerprint density at radius 3 is 2.84 bits per heavy atom. The molecule has 1 aromatic carbocycles. The maximum atomic E-state index is 14.1. The summed E-state index contributed by atoms with van der Waals surface area (Å²) in [5.41, 5.74) is 5.04. The first-order valence-corrected chi connectivity index (χ1v) is 6.39. The van der Waals surface area contributed by atoms with Crippen LogP contribution in [0.2, 0.25) is 0 Å². The molecule has 4 nitrogen and oxygen atoms in total. The zero-order chi connectivity index (χ0) is 13.9. The molecule has 1 saturated heterocycles. The molecule has 1 fully saturated rings. The molecule has 0 saturated carbocycles. The standard InChI is InChI=1S/C14H19FN2O2/c1-14(15)10-17(8-7-12(14)16)13(18)19-9-11-5-3-2-4-6-11/h2-6,12H,7-10,16H2,1H3/t12-,14-/m0/s1. The number of carbonyl (C=O) groups excluding carboxylic acids is 1. The zero-order valence-electron chi connectivity index (χ0n) is 11.0. The van der Waals surface area contributed by atoms with Crippen molar-refractivity contribution in [2.24, 2.45) is 5.73 Å². The molecule has 104 valence electrons. The molecular weight excluding hydrogens is 247 g/mol.